The van der Waals surface area contributed by atoms with Crippen LogP contribution in [0.4, 0.5) is 0 Å². The fraction of sp³-hybridized carbons (Fsp3) is 1.00. The second-order valence-corrected chi connectivity index (χ2v) is 8.77. The van der Waals surface area contributed by atoms with Crippen molar-refractivity contribution < 1.29 is 8.42 Å². The average Bonchev–Trinajstić information content (AvgIpc) is 2.27. The summed E-state index contributed by atoms with van der Waals surface area (Å²) in [6.45, 7) is 8.40. The molecule has 1 rings (SSSR count). The SMILES string of the molecule is CCS(=O)(=O)C1CC(C(C)(C)C)CCC1NC. The van der Waals surface area contributed by atoms with Crippen molar-refractivity contribution in [2.24, 2.45) is 11.3 Å². The van der Waals surface area contributed by atoms with Crippen LogP contribution < -0.4 is 5.32 Å². The number of nitrogens with one attached hydrogen (secondary N) is 1. The Morgan fingerprint density at radius 3 is 2.24 bits per heavy atom. The molecule has 3 nitrogen and oxygen atoms in total. The van der Waals surface area contributed by atoms with Gasteiger partial charge in [0.2, 0.25) is 0 Å². The van der Waals surface area contributed by atoms with E-state index in [0.29, 0.717) is 5.92 Å². The summed E-state index contributed by atoms with van der Waals surface area (Å²) in [4.78, 5) is 0. The zero-order valence-corrected chi connectivity index (χ0v) is 12.6. The van der Waals surface area contributed by atoms with Crippen LogP contribution in [0.25, 0.3) is 0 Å². The topological polar surface area (TPSA) is 46.2 Å². The highest BCUT2D eigenvalue weighted by molar-refractivity contribution is 7.92. The highest BCUT2D eigenvalue weighted by Gasteiger charge is 2.40. The predicted molar refractivity (Wildman–Crippen MR) is 72.9 cm³/mol. The molecular weight excluding hydrogens is 234 g/mol. The van der Waals surface area contributed by atoms with Crippen molar-refractivity contribution in [3.05, 3.63) is 0 Å². The van der Waals surface area contributed by atoms with E-state index in [1.165, 1.54) is 0 Å². The molecule has 0 radical (unpaired) electrons. The molecule has 1 aliphatic carbocycles. The Kier molecular flexibility index (Phi) is 4.64. The largest absolute Gasteiger partial charge is 0.316 e. The second kappa shape index (κ2) is 5.27. The molecule has 0 aliphatic heterocycles. The zero-order chi connectivity index (χ0) is 13.3. The zero-order valence-electron chi connectivity index (χ0n) is 11.8. The van der Waals surface area contributed by atoms with Gasteiger partial charge >= 0.3 is 0 Å². The average molecular weight is 261 g/mol. The lowest BCUT2D eigenvalue weighted by Gasteiger charge is -2.41. The van der Waals surface area contributed by atoms with Crippen molar-refractivity contribution in [3.63, 3.8) is 0 Å². The molecule has 17 heavy (non-hydrogen) atoms. The molecule has 4 heteroatoms. The first kappa shape index (κ1) is 15.0. The van der Waals surface area contributed by atoms with Gasteiger partial charge in [0.1, 0.15) is 0 Å². The fourth-order valence-electron chi connectivity index (χ4n) is 2.86. The minimum absolute atomic E-state index is 0.138. The molecule has 3 unspecified atom stereocenters. The summed E-state index contributed by atoms with van der Waals surface area (Å²) in [7, 11) is -1.06. The third kappa shape index (κ3) is 3.44. The maximum absolute atomic E-state index is 12.2. The van der Waals surface area contributed by atoms with Crippen LogP contribution in [0.2, 0.25) is 0 Å². The summed E-state index contributed by atoms with van der Waals surface area (Å²) in [5.74, 6) is 0.769. The molecule has 0 heterocycles. The van der Waals surface area contributed by atoms with Crippen LogP contribution in [0, 0.1) is 11.3 Å². The van der Waals surface area contributed by atoms with Gasteiger partial charge in [-0.15, -0.1) is 0 Å². The lowest BCUT2D eigenvalue weighted by Crippen LogP contribution is -2.49. The van der Waals surface area contributed by atoms with E-state index in [-0.39, 0.29) is 22.5 Å². The molecule has 1 N–H and O–H groups in total. The first-order valence-corrected chi connectivity index (χ1v) is 8.32. The summed E-state index contributed by atoms with van der Waals surface area (Å²) in [5, 5.41) is 2.99. The molecule has 1 fully saturated rings. The molecule has 0 aromatic rings. The third-order valence-electron chi connectivity index (χ3n) is 4.25. The molecule has 0 amide bonds. The van der Waals surface area contributed by atoms with Gasteiger partial charge in [-0.2, -0.15) is 0 Å². The van der Waals surface area contributed by atoms with Gasteiger partial charge in [-0.25, -0.2) is 8.42 Å². The Bertz CT molecular complexity index is 343. The molecule has 0 bridgehead atoms. The molecule has 0 aromatic carbocycles. The minimum atomic E-state index is -2.94. The first-order valence-electron chi connectivity index (χ1n) is 6.61. The van der Waals surface area contributed by atoms with Crippen LogP contribution in [0.15, 0.2) is 0 Å². The molecule has 1 saturated carbocycles. The highest BCUT2D eigenvalue weighted by Crippen LogP contribution is 2.40. The first-order chi connectivity index (χ1) is 7.72. The van der Waals surface area contributed by atoms with E-state index in [4.69, 9.17) is 0 Å². The van der Waals surface area contributed by atoms with Crippen LogP contribution >= 0.6 is 0 Å². The van der Waals surface area contributed by atoms with Crippen molar-refractivity contribution in [2.45, 2.75) is 58.2 Å². The van der Waals surface area contributed by atoms with Gasteiger partial charge in [0.25, 0.3) is 0 Å². The summed E-state index contributed by atoms with van der Waals surface area (Å²) in [6.07, 6.45) is 2.91. The lowest BCUT2D eigenvalue weighted by atomic mass is 9.71. The Morgan fingerprint density at radius 2 is 1.82 bits per heavy atom. The molecule has 0 saturated heterocycles. The van der Waals surface area contributed by atoms with Crippen molar-refractivity contribution >= 4 is 9.84 Å². The van der Waals surface area contributed by atoms with E-state index in [1.54, 1.807) is 6.92 Å². The Balaban J connectivity index is 2.91. The van der Waals surface area contributed by atoms with Gasteiger partial charge in [0.05, 0.1) is 5.25 Å². The predicted octanol–water partition coefficient (Wildman–Crippen LogP) is 2.22. The highest BCUT2D eigenvalue weighted by atomic mass is 32.2. The fourth-order valence-corrected chi connectivity index (χ4v) is 4.58. The van der Waals surface area contributed by atoms with Crippen LogP contribution in [0.5, 0.6) is 0 Å². The summed E-state index contributed by atoms with van der Waals surface area (Å²) in [6, 6.07) is 0.138. The van der Waals surface area contributed by atoms with E-state index in [0.717, 1.165) is 19.3 Å². The Morgan fingerprint density at radius 1 is 1.24 bits per heavy atom. The lowest BCUT2D eigenvalue weighted by molar-refractivity contribution is 0.164. The number of hydrogen-bond acceptors (Lipinski definition) is 3. The van der Waals surface area contributed by atoms with Crippen LogP contribution in [-0.2, 0) is 9.84 Å². The summed E-state index contributed by atoms with van der Waals surface area (Å²) in [5.41, 5.74) is 0.209. The van der Waals surface area contributed by atoms with Crippen LogP contribution in [-0.4, -0.2) is 32.5 Å². The normalized spacial score (nSPS) is 31.5. The smallest absolute Gasteiger partial charge is 0.154 e. The van der Waals surface area contributed by atoms with Gasteiger partial charge in [-0.05, 0) is 37.6 Å². The van der Waals surface area contributed by atoms with E-state index in [2.05, 4.69) is 26.1 Å². The van der Waals surface area contributed by atoms with Crippen LogP contribution in [0.3, 0.4) is 0 Å². The van der Waals surface area contributed by atoms with Crippen molar-refractivity contribution in [1.29, 1.82) is 0 Å². The number of sulfone groups is 1. The quantitative estimate of drug-likeness (QED) is 0.847. The Hall–Kier alpha value is -0.0900. The molecular formula is C13H27NO2S. The standard InChI is InChI=1S/C13H27NO2S/c1-6-17(15,16)12-9-10(13(2,3)4)7-8-11(12)14-5/h10-12,14H,6-9H2,1-5H3. The third-order valence-corrected chi connectivity index (χ3v) is 6.50. The van der Waals surface area contributed by atoms with Crippen molar-refractivity contribution in [2.75, 3.05) is 12.8 Å². The van der Waals surface area contributed by atoms with E-state index >= 15 is 0 Å². The van der Waals surface area contributed by atoms with Gasteiger partial charge in [-0.3, -0.25) is 0 Å². The maximum atomic E-state index is 12.2. The van der Waals surface area contributed by atoms with Crippen LogP contribution in [0.1, 0.15) is 47.0 Å². The van der Waals surface area contributed by atoms with Crippen molar-refractivity contribution in [1.82, 2.24) is 5.32 Å². The van der Waals surface area contributed by atoms with E-state index in [1.807, 2.05) is 7.05 Å². The van der Waals surface area contributed by atoms with Crippen molar-refractivity contribution in [3.8, 4) is 0 Å². The summed E-state index contributed by atoms with van der Waals surface area (Å²) >= 11 is 0. The molecule has 0 spiro atoms. The molecule has 1 aliphatic rings. The Labute approximate surface area is 106 Å². The van der Waals surface area contributed by atoms with Gasteiger partial charge in [0, 0.05) is 11.8 Å². The molecule has 3 atom stereocenters. The van der Waals surface area contributed by atoms with Gasteiger partial charge in [0.15, 0.2) is 9.84 Å². The molecule has 0 aromatic heterocycles. The number of rotatable bonds is 3. The summed E-state index contributed by atoms with van der Waals surface area (Å²) < 4.78 is 24.3. The van der Waals surface area contributed by atoms with E-state index < -0.39 is 9.84 Å². The maximum Gasteiger partial charge on any atom is 0.154 e. The minimum Gasteiger partial charge on any atom is -0.316 e. The number of hydrogen-bond donors (Lipinski definition) is 1. The van der Waals surface area contributed by atoms with Gasteiger partial charge in [-0.1, -0.05) is 27.7 Å². The van der Waals surface area contributed by atoms with E-state index in [9.17, 15) is 8.42 Å². The van der Waals surface area contributed by atoms with Gasteiger partial charge < -0.3 is 5.32 Å². The molecule has 102 valence electrons. The monoisotopic (exact) mass is 261 g/mol. The second-order valence-electron chi connectivity index (χ2n) is 6.26.